The summed E-state index contributed by atoms with van der Waals surface area (Å²) in [4.78, 5) is 2.72. The molecule has 0 bridgehead atoms. The molecule has 4 unspecified atom stereocenters. The quantitative estimate of drug-likeness (QED) is 0.695. The van der Waals surface area contributed by atoms with Crippen molar-refractivity contribution in [2.24, 2.45) is 5.92 Å². The van der Waals surface area contributed by atoms with Gasteiger partial charge in [0.05, 0.1) is 0 Å². The second kappa shape index (κ2) is 3.58. The third kappa shape index (κ3) is 1.89. The van der Waals surface area contributed by atoms with E-state index in [9.17, 15) is 0 Å². The van der Waals surface area contributed by atoms with Crippen molar-refractivity contribution in [1.82, 2.24) is 10.2 Å². The van der Waals surface area contributed by atoms with Crippen LogP contribution < -0.4 is 5.32 Å². The lowest BCUT2D eigenvalue weighted by atomic mass is 10.1. The molecule has 2 fully saturated rings. The van der Waals surface area contributed by atoms with Gasteiger partial charge in [-0.1, -0.05) is 13.8 Å². The SMILES string of the molecule is CCC1CN(C2CC2C)C(C)CN1. The van der Waals surface area contributed by atoms with Crippen molar-refractivity contribution in [3.8, 4) is 0 Å². The van der Waals surface area contributed by atoms with E-state index < -0.39 is 0 Å². The zero-order valence-corrected chi connectivity index (χ0v) is 9.09. The number of nitrogens with one attached hydrogen (secondary N) is 1. The number of rotatable bonds is 2. The number of nitrogens with zero attached hydrogens (tertiary/aromatic N) is 1. The highest BCUT2D eigenvalue weighted by Gasteiger charge is 2.41. The molecule has 0 amide bonds. The second-order valence-corrected chi connectivity index (χ2v) is 4.84. The summed E-state index contributed by atoms with van der Waals surface area (Å²) in [6, 6.07) is 2.40. The van der Waals surface area contributed by atoms with Crippen LogP contribution in [0, 0.1) is 5.92 Å². The van der Waals surface area contributed by atoms with Gasteiger partial charge in [-0.05, 0) is 25.7 Å². The van der Waals surface area contributed by atoms with Gasteiger partial charge >= 0.3 is 0 Å². The van der Waals surface area contributed by atoms with Crippen LogP contribution >= 0.6 is 0 Å². The minimum Gasteiger partial charge on any atom is -0.311 e. The number of piperazine rings is 1. The largest absolute Gasteiger partial charge is 0.311 e. The molecule has 1 N–H and O–H groups in total. The number of hydrogen-bond acceptors (Lipinski definition) is 2. The molecule has 1 saturated heterocycles. The molecule has 13 heavy (non-hydrogen) atoms. The normalized spacial score (nSPS) is 46.4. The van der Waals surface area contributed by atoms with Crippen molar-refractivity contribution in [1.29, 1.82) is 0 Å². The van der Waals surface area contributed by atoms with Gasteiger partial charge in [-0.25, -0.2) is 0 Å². The predicted molar refractivity (Wildman–Crippen MR) is 55.8 cm³/mol. The molecule has 76 valence electrons. The van der Waals surface area contributed by atoms with Crippen LogP contribution in [-0.2, 0) is 0 Å². The smallest absolute Gasteiger partial charge is 0.0196 e. The van der Waals surface area contributed by atoms with Gasteiger partial charge in [0.2, 0.25) is 0 Å². The summed E-state index contributed by atoms with van der Waals surface area (Å²) in [7, 11) is 0. The minimum absolute atomic E-state index is 0.740. The maximum absolute atomic E-state index is 3.60. The van der Waals surface area contributed by atoms with Crippen molar-refractivity contribution in [2.45, 2.75) is 51.7 Å². The van der Waals surface area contributed by atoms with E-state index in [1.165, 1.54) is 25.9 Å². The third-order valence-corrected chi connectivity index (χ3v) is 3.69. The van der Waals surface area contributed by atoms with E-state index in [4.69, 9.17) is 0 Å². The Bertz CT molecular complexity index is 179. The van der Waals surface area contributed by atoms with Crippen molar-refractivity contribution in [2.75, 3.05) is 13.1 Å². The Morgan fingerprint density at radius 3 is 2.62 bits per heavy atom. The molecular weight excluding hydrogens is 160 g/mol. The van der Waals surface area contributed by atoms with E-state index in [-0.39, 0.29) is 0 Å². The summed E-state index contributed by atoms with van der Waals surface area (Å²) in [6.07, 6.45) is 2.70. The van der Waals surface area contributed by atoms with Gasteiger partial charge in [-0.15, -0.1) is 0 Å². The zero-order valence-electron chi connectivity index (χ0n) is 9.09. The van der Waals surface area contributed by atoms with Crippen molar-refractivity contribution in [3.63, 3.8) is 0 Å². The molecule has 4 atom stereocenters. The second-order valence-electron chi connectivity index (χ2n) is 4.84. The van der Waals surface area contributed by atoms with Crippen LogP contribution in [0.2, 0.25) is 0 Å². The summed E-state index contributed by atoms with van der Waals surface area (Å²) in [5.74, 6) is 0.957. The van der Waals surface area contributed by atoms with Gasteiger partial charge in [0.15, 0.2) is 0 Å². The summed E-state index contributed by atoms with van der Waals surface area (Å²) < 4.78 is 0. The van der Waals surface area contributed by atoms with Crippen LogP contribution in [0.25, 0.3) is 0 Å². The van der Waals surface area contributed by atoms with Crippen LogP contribution in [0.4, 0.5) is 0 Å². The zero-order chi connectivity index (χ0) is 9.42. The fourth-order valence-electron chi connectivity index (χ4n) is 2.45. The Kier molecular flexibility index (Phi) is 2.61. The maximum Gasteiger partial charge on any atom is 0.0196 e. The van der Waals surface area contributed by atoms with E-state index in [1.54, 1.807) is 0 Å². The first-order valence-corrected chi connectivity index (χ1v) is 5.71. The molecule has 2 nitrogen and oxygen atoms in total. The van der Waals surface area contributed by atoms with E-state index in [2.05, 4.69) is 31.0 Å². The van der Waals surface area contributed by atoms with Gasteiger partial charge in [0, 0.05) is 31.2 Å². The predicted octanol–water partition coefficient (Wildman–Crippen LogP) is 1.47. The molecule has 1 aliphatic carbocycles. The van der Waals surface area contributed by atoms with Crippen molar-refractivity contribution < 1.29 is 0 Å². The maximum atomic E-state index is 3.60. The molecule has 0 radical (unpaired) electrons. The third-order valence-electron chi connectivity index (χ3n) is 3.69. The number of hydrogen-bond donors (Lipinski definition) is 1. The van der Waals surface area contributed by atoms with Crippen LogP contribution in [0.1, 0.15) is 33.6 Å². The first-order valence-electron chi connectivity index (χ1n) is 5.71. The molecule has 1 saturated carbocycles. The van der Waals surface area contributed by atoms with Crippen LogP contribution in [0.3, 0.4) is 0 Å². The Labute approximate surface area is 81.7 Å². The van der Waals surface area contributed by atoms with E-state index >= 15 is 0 Å². The van der Waals surface area contributed by atoms with Crippen LogP contribution in [0.15, 0.2) is 0 Å². The Balaban J connectivity index is 1.91. The summed E-state index contributed by atoms with van der Waals surface area (Å²) in [5, 5.41) is 3.60. The lowest BCUT2D eigenvalue weighted by Gasteiger charge is -2.39. The molecule has 0 aromatic heterocycles. The standard InChI is InChI=1S/C11H22N2/c1-4-10-7-13(9(3)6-12-10)11-5-8(11)2/h8-12H,4-7H2,1-3H3. The average Bonchev–Trinajstić information content (AvgIpc) is 2.83. The van der Waals surface area contributed by atoms with Crippen molar-refractivity contribution >= 4 is 0 Å². The topological polar surface area (TPSA) is 15.3 Å². The molecule has 2 heteroatoms. The van der Waals surface area contributed by atoms with Crippen LogP contribution in [-0.4, -0.2) is 36.1 Å². The molecule has 2 rings (SSSR count). The molecule has 1 aliphatic heterocycles. The molecule has 0 aromatic rings. The summed E-state index contributed by atoms with van der Waals surface area (Å²) in [5.41, 5.74) is 0. The van der Waals surface area contributed by atoms with E-state index in [0.29, 0.717) is 0 Å². The lowest BCUT2D eigenvalue weighted by molar-refractivity contribution is 0.125. The van der Waals surface area contributed by atoms with Crippen LogP contribution in [0.5, 0.6) is 0 Å². The highest BCUT2D eigenvalue weighted by Crippen LogP contribution is 2.36. The average molecular weight is 182 g/mol. The summed E-state index contributed by atoms with van der Waals surface area (Å²) in [6.45, 7) is 9.46. The van der Waals surface area contributed by atoms with Gasteiger partial charge in [-0.3, -0.25) is 4.90 Å². The first kappa shape index (κ1) is 9.47. The lowest BCUT2D eigenvalue weighted by Crippen LogP contribution is -2.56. The van der Waals surface area contributed by atoms with Gasteiger partial charge in [0.1, 0.15) is 0 Å². The first-order chi connectivity index (χ1) is 6.22. The van der Waals surface area contributed by atoms with Gasteiger partial charge < -0.3 is 5.32 Å². The minimum atomic E-state index is 0.740. The highest BCUT2D eigenvalue weighted by molar-refractivity contribution is 4.97. The molecule has 1 heterocycles. The highest BCUT2D eigenvalue weighted by atomic mass is 15.3. The van der Waals surface area contributed by atoms with E-state index in [1.807, 2.05) is 0 Å². The summed E-state index contributed by atoms with van der Waals surface area (Å²) >= 11 is 0. The Hall–Kier alpha value is -0.0800. The fourth-order valence-corrected chi connectivity index (χ4v) is 2.45. The molecule has 2 aliphatic rings. The Morgan fingerprint density at radius 2 is 2.08 bits per heavy atom. The molecular formula is C11H22N2. The Morgan fingerprint density at radius 1 is 1.38 bits per heavy atom. The molecule has 0 spiro atoms. The van der Waals surface area contributed by atoms with Crippen molar-refractivity contribution in [3.05, 3.63) is 0 Å². The fraction of sp³-hybridized carbons (Fsp3) is 1.00. The van der Waals surface area contributed by atoms with Gasteiger partial charge in [-0.2, -0.15) is 0 Å². The monoisotopic (exact) mass is 182 g/mol. The molecule has 0 aromatic carbocycles. The van der Waals surface area contributed by atoms with Gasteiger partial charge in [0.25, 0.3) is 0 Å². The van der Waals surface area contributed by atoms with E-state index in [0.717, 1.165) is 24.0 Å².